The molecule has 42 heavy (non-hydrogen) atoms. The number of halogens is 6. The van der Waals surface area contributed by atoms with E-state index in [1.54, 1.807) is 12.4 Å². The number of H-pyrrole nitrogens is 1. The summed E-state index contributed by atoms with van der Waals surface area (Å²) >= 11 is 0. The van der Waals surface area contributed by atoms with E-state index in [-0.39, 0.29) is 0 Å². The average molecular weight is 589 g/mol. The van der Waals surface area contributed by atoms with Crippen LogP contribution in [0.1, 0.15) is 0 Å². The minimum absolute atomic E-state index is 0.784. The van der Waals surface area contributed by atoms with Crippen molar-refractivity contribution in [1.82, 2.24) is 19.9 Å². The predicted molar refractivity (Wildman–Crippen MR) is 139 cm³/mol. The van der Waals surface area contributed by atoms with Gasteiger partial charge >= 0.3 is 24.3 Å². The van der Waals surface area contributed by atoms with E-state index in [0.29, 0.717) is 0 Å². The van der Waals surface area contributed by atoms with Gasteiger partial charge in [0, 0.05) is 29.1 Å². The number of nitrogens with zero attached hydrogens (tertiary/aromatic N) is 3. The van der Waals surface area contributed by atoms with E-state index in [1.807, 2.05) is 24.4 Å². The highest BCUT2D eigenvalue weighted by atomic mass is 19.4. The van der Waals surface area contributed by atoms with Crippen molar-refractivity contribution in [2.75, 3.05) is 5.32 Å². The summed E-state index contributed by atoms with van der Waals surface area (Å²) in [6.07, 6.45) is -4.77. The number of aromatic nitrogens is 4. The molecule has 15 heteroatoms. The molecule has 0 fully saturated rings. The number of hydrogen-bond acceptors (Lipinski definition) is 6. The van der Waals surface area contributed by atoms with Crippen molar-refractivity contribution >= 4 is 34.2 Å². The molecule has 216 valence electrons. The second-order valence-corrected chi connectivity index (χ2v) is 8.42. The largest absolute Gasteiger partial charge is 0.490 e. The van der Waals surface area contributed by atoms with Crippen molar-refractivity contribution in [3.8, 4) is 33.9 Å². The maximum Gasteiger partial charge on any atom is 0.490 e. The fourth-order valence-electron chi connectivity index (χ4n) is 3.77. The quantitative estimate of drug-likeness (QED) is 0.156. The van der Waals surface area contributed by atoms with Crippen LogP contribution in [0, 0.1) is 0 Å². The van der Waals surface area contributed by atoms with Gasteiger partial charge in [-0.25, -0.2) is 19.6 Å². The van der Waals surface area contributed by atoms with E-state index >= 15 is 0 Å². The zero-order chi connectivity index (χ0) is 30.7. The number of rotatable bonds is 1. The predicted octanol–water partition coefficient (Wildman–Crippen LogP) is 6.68. The number of anilines is 2. The summed E-state index contributed by atoms with van der Waals surface area (Å²) in [6.45, 7) is 0. The maximum absolute atomic E-state index is 10.6. The Bertz CT molecular complexity index is 1680. The van der Waals surface area contributed by atoms with Gasteiger partial charge in [-0.2, -0.15) is 26.3 Å². The van der Waals surface area contributed by atoms with Gasteiger partial charge in [0.1, 0.15) is 17.3 Å². The van der Waals surface area contributed by atoms with Crippen molar-refractivity contribution in [3.63, 3.8) is 0 Å². The van der Waals surface area contributed by atoms with Crippen molar-refractivity contribution in [1.29, 1.82) is 0 Å². The molecule has 0 amide bonds. The number of hydrogen-bond donors (Lipinski definition) is 4. The third-order valence-corrected chi connectivity index (χ3v) is 5.62. The van der Waals surface area contributed by atoms with Gasteiger partial charge in [-0.1, -0.05) is 36.4 Å². The van der Waals surface area contributed by atoms with Gasteiger partial charge in [0.2, 0.25) is 0 Å². The number of nitrogens with one attached hydrogen (secondary N) is 2. The molecule has 1 aliphatic rings. The molecule has 4 heterocycles. The van der Waals surface area contributed by atoms with Crippen molar-refractivity contribution in [2.45, 2.75) is 12.4 Å². The molecule has 0 radical (unpaired) electrons. The first-order valence-corrected chi connectivity index (χ1v) is 11.6. The van der Waals surface area contributed by atoms with Crippen LogP contribution in [0.15, 0.2) is 79.3 Å². The molecule has 0 aliphatic carbocycles. The first kappa shape index (κ1) is 29.5. The second kappa shape index (κ2) is 11.6. The number of alkyl halides is 6. The Hall–Kier alpha value is -5.47. The van der Waals surface area contributed by atoms with Gasteiger partial charge in [0.25, 0.3) is 0 Å². The minimum atomic E-state index is -5.08. The molecule has 1 aliphatic heterocycles. The Morgan fingerprint density at radius 3 is 2.05 bits per heavy atom. The molecule has 0 atom stereocenters. The second-order valence-electron chi connectivity index (χ2n) is 8.42. The summed E-state index contributed by atoms with van der Waals surface area (Å²) in [5, 5.41) is 20.0. The highest BCUT2D eigenvalue weighted by Gasteiger charge is 2.38. The SMILES string of the molecule is O=C(O)C(F)(F)F.O=C(O)C(F)(F)F.c1cnc2c(c1)-c1nc(-c3ccc4ccccc4c3)[nH]c1-c1ccncc1N2. The molecule has 0 unspecified atom stereocenters. The summed E-state index contributed by atoms with van der Waals surface area (Å²) in [6, 6.07) is 20.7. The van der Waals surface area contributed by atoms with Crippen LogP contribution in [0.4, 0.5) is 37.8 Å². The Labute approximate surface area is 231 Å². The monoisotopic (exact) mass is 589 g/mol. The highest BCUT2D eigenvalue weighted by molar-refractivity contribution is 5.95. The van der Waals surface area contributed by atoms with E-state index in [9.17, 15) is 26.3 Å². The maximum atomic E-state index is 10.6. The first-order chi connectivity index (χ1) is 19.8. The van der Waals surface area contributed by atoms with Crippen LogP contribution in [0.3, 0.4) is 0 Å². The lowest BCUT2D eigenvalue weighted by Gasteiger charge is -2.08. The number of carboxylic acids is 2. The average Bonchev–Trinajstić information content (AvgIpc) is 3.33. The molecule has 0 saturated carbocycles. The smallest absolute Gasteiger partial charge is 0.475 e. The third kappa shape index (κ3) is 6.63. The lowest BCUT2D eigenvalue weighted by molar-refractivity contribution is -0.193. The summed E-state index contributed by atoms with van der Waals surface area (Å²) < 4.78 is 63.5. The van der Waals surface area contributed by atoms with Crippen LogP contribution in [-0.2, 0) is 9.59 Å². The van der Waals surface area contributed by atoms with Gasteiger partial charge in [0.15, 0.2) is 0 Å². The van der Waals surface area contributed by atoms with Crippen LogP contribution in [0.25, 0.3) is 44.7 Å². The molecule has 3 aromatic heterocycles. The zero-order valence-electron chi connectivity index (χ0n) is 20.8. The Morgan fingerprint density at radius 1 is 0.762 bits per heavy atom. The number of pyridine rings is 2. The zero-order valence-corrected chi connectivity index (χ0v) is 20.8. The van der Waals surface area contributed by atoms with Gasteiger partial charge in [-0.05, 0) is 35.0 Å². The molecule has 2 aromatic carbocycles. The van der Waals surface area contributed by atoms with E-state index in [0.717, 1.165) is 45.4 Å². The van der Waals surface area contributed by atoms with E-state index in [4.69, 9.17) is 24.8 Å². The molecule has 9 nitrogen and oxygen atoms in total. The molecule has 6 rings (SSSR count). The molecular weight excluding hydrogens is 572 g/mol. The van der Waals surface area contributed by atoms with Crippen molar-refractivity contribution in [3.05, 3.63) is 79.3 Å². The number of fused-ring (bicyclic) bond motifs is 6. The lowest BCUT2D eigenvalue weighted by Crippen LogP contribution is -2.21. The van der Waals surface area contributed by atoms with Gasteiger partial charge in [-0.3, -0.25) is 4.98 Å². The highest BCUT2D eigenvalue weighted by Crippen LogP contribution is 2.42. The topological polar surface area (TPSA) is 141 Å². The van der Waals surface area contributed by atoms with Gasteiger partial charge in [-0.15, -0.1) is 0 Å². The number of aliphatic carboxylic acids is 2. The first-order valence-electron chi connectivity index (χ1n) is 11.6. The minimum Gasteiger partial charge on any atom is -0.475 e. The summed E-state index contributed by atoms with van der Waals surface area (Å²) in [4.78, 5) is 35.1. The van der Waals surface area contributed by atoms with Crippen LogP contribution in [0.2, 0.25) is 0 Å². The van der Waals surface area contributed by atoms with Crippen LogP contribution in [0.5, 0.6) is 0 Å². The number of carboxylic acid groups (broad SMARTS) is 2. The van der Waals surface area contributed by atoms with Crippen LogP contribution in [-0.4, -0.2) is 54.4 Å². The van der Waals surface area contributed by atoms with Crippen LogP contribution >= 0.6 is 0 Å². The summed E-state index contributed by atoms with van der Waals surface area (Å²) in [7, 11) is 0. The van der Waals surface area contributed by atoms with Gasteiger partial charge in [0.05, 0.1) is 17.6 Å². The third-order valence-electron chi connectivity index (χ3n) is 5.62. The lowest BCUT2D eigenvalue weighted by atomic mass is 10.1. The normalized spacial score (nSPS) is 11.7. The molecule has 0 bridgehead atoms. The number of benzene rings is 2. The fraction of sp³-hybridized carbons (Fsp3) is 0.0741. The molecule has 0 saturated heterocycles. The number of aromatic amines is 1. The van der Waals surface area contributed by atoms with Crippen molar-refractivity contribution in [2.24, 2.45) is 0 Å². The Kier molecular flexibility index (Phi) is 8.12. The Morgan fingerprint density at radius 2 is 1.40 bits per heavy atom. The molecule has 5 aromatic rings. The number of carbonyl (C=O) groups is 2. The standard InChI is InChI=1S/C23H15N5.2C2HF3O2/c1-2-5-15-12-16(8-7-14(15)4-1)22-27-20-17-9-11-24-13-19(17)26-23-18(21(20)28-22)6-3-10-25-23;2*3-2(4,5)1(6)7/h1-13H,(H,25,26)(H,27,28);2*(H,6,7). The molecule has 4 N–H and O–H groups in total. The van der Waals surface area contributed by atoms with E-state index in [2.05, 4.69) is 62.7 Å². The summed E-state index contributed by atoms with van der Waals surface area (Å²) in [5.74, 6) is -3.89. The molecular formula is C27H17F6N5O4. The van der Waals surface area contributed by atoms with Crippen LogP contribution < -0.4 is 5.32 Å². The number of imidazole rings is 1. The van der Waals surface area contributed by atoms with E-state index in [1.165, 1.54) is 10.8 Å². The van der Waals surface area contributed by atoms with Crippen molar-refractivity contribution < 1.29 is 46.1 Å². The summed E-state index contributed by atoms with van der Waals surface area (Å²) in [5.41, 5.74) is 5.83. The molecule has 0 spiro atoms. The van der Waals surface area contributed by atoms with Gasteiger partial charge < -0.3 is 20.5 Å². The fourth-order valence-corrected chi connectivity index (χ4v) is 3.77. The Balaban J connectivity index is 0.000000243. The van der Waals surface area contributed by atoms with E-state index < -0.39 is 24.3 Å².